The summed E-state index contributed by atoms with van der Waals surface area (Å²) in [4.78, 5) is 20.1. The number of rotatable bonds is 4. The van der Waals surface area contributed by atoms with Crippen molar-refractivity contribution >= 4 is 23.9 Å². The van der Waals surface area contributed by atoms with E-state index in [1.807, 2.05) is 20.9 Å². The molecule has 0 aliphatic rings. The van der Waals surface area contributed by atoms with Gasteiger partial charge in [-0.15, -0.1) is 0 Å². The largest absolute Gasteiger partial charge is 0.478 e. The number of carboxylic acid groups (broad SMARTS) is 1. The Hall–Kier alpha value is -1.39. The Balaban J connectivity index is 0.000000494. The third kappa shape index (κ3) is 6.37. The van der Waals surface area contributed by atoms with E-state index in [-0.39, 0.29) is 16.5 Å². The van der Waals surface area contributed by atoms with Gasteiger partial charge >= 0.3 is 5.97 Å². The smallest absolute Gasteiger partial charge is 0.337 e. The zero-order valence-corrected chi connectivity index (χ0v) is 11.5. The van der Waals surface area contributed by atoms with Gasteiger partial charge in [0.05, 0.1) is 10.6 Å². The predicted octanol–water partition coefficient (Wildman–Crippen LogP) is 2.60. The molecule has 0 saturated carbocycles. The fraction of sp³-hybridized carbons (Fsp3) is 0.385. The number of halogens is 1. The van der Waals surface area contributed by atoms with E-state index in [0.717, 1.165) is 11.8 Å². The van der Waals surface area contributed by atoms with Crippen molar-refractivity contribution in [2.24, 2.45) is 5.92 Å². The number of nitrogens with one attached hydrogen (secondary N) is 1. The Labute approximate surface area is 112 Å². The molecule has 4 nitrogen and oxygen atoms in total. The molecule has 0 bridgehead atoms. The van der Waals surface area contributed by atoms with E-state index < -0.39 is 5.97 Å². The number of carboxylic acids is 1. The molecule has 5 heteroatoms. The second-order valence-corrected chi connectivity index (χ2v) is 4.44. The second-order valence-electron chi connectivity index (χ2n) is 4.03. The van der Waals surface area contributed by atoms with Crippen LogP contribution in [-0.4, -0.2) is 24.4 Å². The van der Waals surface area contributed by atoms with E-state index in [1.165, 1.54) is 6.07 Å². The molecular weight excluding hydrogens is 254 g/mol. The van der Waals surface area contributed by atoms with Crippen LogP contribution in [0.2, 0.25) is 5.02 Å². The van der Waals surface area contributed by atoms with E-state index in [1.54, 1.807) is 12.1 Å². The SMILES string of the molecule is CC(C)C=O.CNCc1ccc(C(=O)O)c(Cl)c1. The van der Waals surface area contributed by atoms with Crippen LogP contribution in [-0.2, 0) is 11.3 Å². The molecule has 0 aliphatic heterocycles. The Morgan fingerprint density at radius 2 is 2.06 bits per heavy atom. The van der Waals surface area contributed by atoms with E-state index in [0.29, 0.717) is 6.54 Å². The van der Waals surface area contributed by atoms with Gasteiger partial charge in [-0.25, -0.2) is 4.79 Å². The summed E-state index contributed by atoms with van der Waals surface area (Å²) in [5, 5.41) is 11.9. The fourth-order valence-electron chi connectivity index (χ4n) is 1.05. The van der Waals surface area contributed by atoms with Crippen LogP contribution >= 0.6 is 11.6 Å². The van der Waals surface area contributed by atoms with Crippen molar-refractivity contribution in [1.82, 2.24) is 5.32 Å². The average molecular weight is 272 g/mol. The van der Waals surface area contributed by atoms with E-state index >= 15 is 0 Å². The molecule has 0 aromatic heterocycles. The molecule has 0 fully saturated rings. The Bertz CT molecular complexity index is 405. The third-order valence-corrected chi connectivity index (χ3v) is 2.23. The van der Waals surface area contributed by atoms with Crippen LogP contribution in [0, 0.1) is 5.92 Å². The lowest BCUT2D eigenvalue weighted by Crippen LogP contribution is -2.06. The van der Waals surface area contributed by atoms with Gasteiger partial charge in [0.15, 0.2) is 0 Å². The van der Waals surface area contributed by atoms with Crippen molar-refractivity contribution < 1.29 is 14.7 Å². The predicted molar refractivity (Wildman–Crippen MR) is 72.1 cm³/mol. The first-order chi connectivity index (χ1) is 8.42. The first kappa shape index (κ1) is 16.6. The van der Waals surface area contributed by atoms with Crippen LogP contribution in [0.5, 0.6) is 0 Å². The minimum Gasteiger partial charge on any atom is -0.478 e. The molecule has 0 amide bonds. The van der Waals surface area contributed by atoms with Crippen LogP contribution in [0.1, 0.15) is 29.8 Å². The molecule has 1 aromatic carbocycles. The Morgan fingerprint density at radius 3 is 2.39 bits per heavy atom. The third-order valence-electron chi connectivity index (χ3n) is 1.92. The summed E-state index contributed by atoms with van der Waals surface area (Å²) in [6.45, 7) is 4.39. The number of hydrogen-bond donors (Lipinski definition) is 2. The highest BCUT2D eigenvalue weighted by Crippen LogP contribution is 2.17. The highest BCUT2D eigenvalue weighted by atomic mass is 35.5. The van der Waals surface area contributed by atoms with E-state index in [2.05, 4.69) is 5.32 Å². The number of aromatic carboxylic acids is 1. The molecule has 0 spiro atoms. The summed E-state index contributed by atoms with van der Waals surface area (Å²) < 4.78 is 0. The van der Waals surface area contributed by atoms with Gasteiger partial charge in [0.1, 0.15) is 6.29 Å². The maximum absolute atomic E-state index is 10.6. The molecule has 0 saturated heterocycles. The molecule has 100 valence electrons. The van der Waals surface area contributed by atoms with Gasteiger partial charge in [-0.05, 0) is 24.7 Å². The molecule has 0 aliphatic carbocycles. The van der Waals surface area contributed by atoms with E-state index in [9.17, 15) is 9.59 Å². The van der Waals surface area contributed by atoms with Crippen LogP contribution in [0.15, 0.2) is 18.2 Å². The van der Waals surface area contributed by atoms with Crippen molar-refractivity contribution in [3.8, 4) is 0 Å². The zero-order valence-electron chi connectivity index (χ0n) is 10.7. The summed E-state index contributed by atoms with van der Waals surface area (Å²) in [6, 6.07) is 4.91. The standard InChI is InChI=1S/C9H10ClNO2.C4H8O/c1-11-5-6-2-3-7(9(12)13)8(10)4-6;1-4(2)3-5/h2-4,11H,5H2,1H3,(H,12,13);3-4H,1-2H3. The molecule has 0 radical (unpaired) electrons. The highest BCUT2D eigenvalue weighted by Gasteiger charge is 2.07. The molecule has 0 unspecified atom stereocenters. The molecule has 1 rings (SSSR count). The van der Waals surface area contributed by atoms with Gasteiger partial charge in [-0.3, -0.25) is 0 Å². The van der Waals surface area contributed by atoms with Crippen molar-refractivity contribution in [3.05, 3.63) is 34.3 Å². The van der Waals surface area contributed by atoms with Gasteiger partial charge in [0.2, 0.25) is 0 Å². The second kappa shape index (κ2) is 8.66. The normalized spacial score (nSPS) is 9.61. The molecule has 1 aromatic rings. The molecule has 2 N–H and O–H groups in total. The first-order valence-electron chi connectivity index (χ1n) is 5.54. The maximum atomic E-state index is 10.6. The Morgan fingerprint density at radius 1 is 1.50 bits per heavy atom. The minimum atomic E-state index is -0.999. The fourth-order valence-corrected chi connectivity index (χ4v) is 1.33. The lowest BCUT2D eigenvalue weighted by atomic mass is 10.1. The summed E-state index contributed by atoms with van der Waals surface area (Å²) in [7, 11) is 1.82. The van der Waals surface area contributed by atoms with Gasteiger partial charge in [0, 0.05) is 12.5 Å². The van der Waals surface area contributed by atoms with Gasteiger partial charge in [-0.1, -0.05) is 31.5 Å². The highest BCUT2D eigenvalue weighted by molar-refractivity contribution is 6.33. The monoisotopic (exact) mass is 271 g/mol. The summed E-state index contributed by atoms with van der Waals surface area (Å²) >= 11 is 5.75. The molecule has 0 atom stereocenters. The topological polar surface area (TPSA) is 66.4 Å². The minimum absolute atomic E-state index is 0.140. The van der Waals surface area contributed by atoms with Crippen molar-refractivity contribution in [1.29, 1.82) is 0 Å². The quantitative estimate of drug-likeness (QED) is 0.826. The molecule has 18 heavy (non-hydrogen) atoms. The maximum Gasteiger partial charge on any atom is 0.337 e. The first-order valence-corrected chi connectivity index (χ1v) is 5.91. The van der Waals surface area contributed by atoms with E-state index in [4.69, 9.17) is 16.7 Å². The summed E-state index contributed by atoms with van der Waals surface area (Å²) in [5.74, 6) is -0.795. The number of benzene rings is 1. The summed E-state index contributed by atoms with van der Waals surface area (Å²) in [6.07, 6.45) is 0.917. The van der Waals surface area contributed by atoms with Crippen LogP contribution < -0.4 is 5.32 Å². The lowest BCUT2D eigenvalue weighted by molar-refractivity contribution is -0.110. The zero-order chi connectivity index (χ0) is 14.1. The lowest BCUT2D eigenvalue weighted by Gasteiger charge is -2.02. The van der Waals surface area contributed by atoms with Crippen LogP contribution in [0.4, 0.5) is 0 Å². The number of hydrogen-bond acceptors (Lipinski definition) is 3. The van der Waals surface area contributed by atoms with Crippen molar-refractivity contribution in [3.63, 3.8) is 0 Å². The number of carbonyl (C=O) groups excluding carboxylic acids is 1. The van der Waals surface area contributed by atoms with Crippen LogP contribution in [0.25, 0.3) is 0 Å². The summed E-state index contributed by atoms with van der Waals surface area (Å²) in [5.41, 5.74) is 1.11. The molecule has 0 heterocycles. The van der Waals surface area contributed by atoms with Crippen LogP contribution in [0.3, 0.4) is 0 Å². The Kier molecular flexibility index (Phi) is 8.00. The van der Waals surface area contributed by atoms with Crippen molar-refractivity contribution in [2.75, 3.05) is 7.05 Å². The number of aldehydes is 1. The van der Waals surface area contributed by atoms with Gasteiger partial charge in [-0.2, -0.15) is 0 Å². The van der Waals surface area contributed by atoms with Gasteiger partial charge < -0.3 is 15.2 Å². The van der Waals surface area contributed by atoms with Crippen molar-refractivity contribution in [2.45, 2.75) is 20.4 Å². The number of carbonyl (C=O) groups is 2. The van der Waals surface area contributed by atoms with Gasteiger partial charge in [0.25, 0.3) is 0 Å². The average Bonchev–Trinajstić information content (AvgIpc) is 2.29. The molecular formula is C13H18ClNO3.